The van der Waals surface area contributed by atoms with Crippen molar-refractivity contribution in [3.05, 3.63) is 80.7 Å². The van der Waals surface area contributed by atoms with Crippen LogP contribution >= 0.6 is 11.6 Å². The van der Waals surface area contributed by atoms with Crippen molar-refractivity contribution in [1.29, 1.82) is 0 Å². The number of halogens is 1. The highest BCUT2D eigenvalue weighted by Gasteiger charge is 2.23. The van der Waals surface area contributed by atoms with E-state index in [2.05, 4.69) is 16.0 Å². The number of ether oxygens (including phenoxy) is 5. The number of carboxylic acid groups (broad SMARTS) is 1. The maximum absolute atomic E-state index is 14.0. The molecule has 0 radical (unpaired) electrons. The van der Waals surface area contributed by atoms with E-state index in [1.54, 1.807) is 49.4 Å². The Hall–Kier alpha value is -4.87. The Morgan fingerprint density at radius 3 is 2.31 bits per heavy atom. The largest absolute Gasteiger partial charge is 0.491 e. The zero-order chi connectivity index (χ0) is 37.9. The van der Waals surface area contributed by atoms with E-state index >= 15 is 0 Å². The molecule has 284 valence electrons. The molecular weight excluding hydrogens is 704 g/mol. The average molecular weight is 749 g/mol. The second-order valence-corrected chi connectivity index (χ2v) is 11.6. The van der Waals surface area contributed by atoms with Crippen LogP contribution in [0.5, 0.6) is 17.2 Å². The van der Waals surface area contributed by atoms with E-state index < -0.39 is 30.0 Å². The summed E-state index contributed by atoms with van der Waals surface area (Å²) in [5, 5.41) is 36.1. The van der Waals surface area contributed by atoms with E-state index in [4.69, 9.17) is 40.4 Å². The molecule has 3 aromatic rings. The Morgan fingerprint density at radius 1 is 0.904 bits per heavy atom. The molecule has 0 aliphatic heterocycles. The van der Waals surface area contributed by atoms with Gasteiger partial charge in [0.15, 0.2) is 11.4 Å². The fourth-order valence-electron chi connectivity index (χ4n) is 4.90. The van der Waals surface area contributed by atoms with Crippen LogP contribution in [0.3, 0.4) is 0 Å². The lowest BCUT2D eigenvalue weighted by molar-refractivity contribution is -0.137. The SMILES string of the molecule is CC(=O)NCCOCCOCCOc1c(C)cn(Cc2c(Cl)cccc2OCCO)c(=O)c1NC(=O)N[C@@H](CC(=O)O)c1cccc(OCCO)c1. The van der Waals surface area contributed by atoms with Crippen LogP contribution in [0.4, 0.5) is 10.5 Å². The lowest BCUT2D eigenvalue weighted by atomic mass is 10.0. The van der Waals surface area contributed by atoms with Crippen LogP contribution in [-0.4, -0.2) is 104 Å². The number of benzene rings is 2. The van der Waals surface area contributed by atoms with Gasteiger partial charge in [-0.2, -0.15) is 0 Å². The van der Waals surface area contributed by atoms with Crippen LogP contribution in [0.1, 0.15) is 36.1 Å². The van der Waals surface area contributed by atoms with E-state index in [-0.39, 0.29) is 76.7 Å². The van der Waals surface area contributed by atoms with E-state index in [1.165, 1.54) is 17.7 Å². The Labute approximate surface area is 305 Å². The quantitative estimate of drug-likeness (QED) is 0.0772. The van der Waals surface area contributed by atoms with Gasteiger partial charge < -0.3 is 59.5 Å². The number of urea groups is 1. The number of carboxylic acids is 1. The number of aryl methyl sites for hydroxylation is 1. The molecule has 0 aliphatic carbocycles. The Bertz CT molecular complexity index is 1690. The van der Waals surface area contributed by atoms with Gasteiger partial charge in [0, 0.05) is 35.8 Å². The molecule has 17 heteroatoms. The summed E-state index contributed by atoms with van der Waals surface area (Å²) in [7, 11) is 0. The van der Waals surface area contributed by atoms with Gasteiger partial charge in [0.25, 0.3) is 5.56 Å². The lowest BCUT2D eigenvalue weighted by Gasteiger charge is -2.21. The highest BCUT2D eigenvalue weighted by atomic mass is 35.5. The molecule has 52 heavy (non-hydrogen) atoms. The molecule has 3 amide bonds. The molecule has 2 aromatic carbocycles. The van der Waals surface area contributed by atoms with Crippen molar-refractivity contribution in [1.82, 2.24) is 15.2 Å². The minimum Gasteiger partial charge on any atom is -0.491 e. The van der Waals surface area contributed by atoms with E-state index in [9.17, 15) is 29.4 Å². The molecule has 0 saturated heterocycles. The second kappa shape index (κ2) is 22.1. The maximum atomic E-state index is 14.0. The van der Waals surface area contributed by atoms with Gasteiger partial charge in [0.1, 0.15) is 31.3 Å². The molecule has 0 bridgehead atoms. The van der Waals surface area contributed by atoms with Gasteiger partial charge in [0.05, 0.1) is 58.6 Å². The van der Waals surface area contributed by atoms with Crippen molar-refractivity contribution in [2.45, 2.75) is 32.9 Å². The summed E-state index contributed by atoms with van der Waals surface area (Å²) < 4.78 is 29.3. The first-order valence-electron chi connectivity index (χ1n) is 16.4. The van der Waals surface area contributed by atoms with Gasteiger partial charge in [-0.3, -0.25) is 14.4 Å². The number of pyridine rings is 1. The van der Waals surface area contributed by atoms with Crippen molar-refractivity contribution >= 4 is 35.2 Å². The van der Waals surface area contributed by atoms with Gasteiger partial charge >= 0.3 is 12.0 Å². The van der Waals surface area contributed by atoms with E-state index in [0.717, 1.165) is 0 Å². The van der Waals surface area contributed by atoms with Gasteiger partial charge in [-0.15, -0.1) is 0 Å². The zero-order valence-corrected chi connectivity index (χ0v) is 29.8. The van der Waals surface area contributed by atoms with Crippen molar-refractivity contribution in [3.8, 4) is 17.2 Å². The number of aliphatic carboxylic acids is 1. The standard InChI is InChI=1S/C35H45ClN4O12/c1-23-21-40(22-27-28(36)7-4-8-30(27)51-14-11-42)34(46)32(33(23)52-18-17-49-16-15-48-12-9-37-24(2)43)39-35(47)38-29(20-31(44)45)25-5-3-6-26(19-25)50-13-10-41/h3-8,19,21,29,41-42H,9-18,20,22H2,1-2H3,(H,37,43)(H,44,45)(H2,38,39,47)/t29-/m0/s1. The van der Waals surface area contributed by atoms with Crippen molar-refractivity contribution in [2.75, 3.05) is 71.3 Å². The molecule has 16 nitrogen and oxygen atoms in total. The number of aromatic nitrogens is 1. The second-order valence-electron chi connectivity index (χ2n) is 11.2. The summed E-state index contributed by atoms with van der Waals surface area (Å²) in [5.74, 6) is -0.552. The van der Waals surface area contributed by atoms with Crippen molar-refractivity contribution < 1.29 is 53.4 Å². The van der Waals surface area contributed by atoms with Crippen molar-refractivity contribution in [2.24, 2.45) is 0 Å². The highest BCUT2D eigenvalue weighted by molar-refractivity contribution is 6.31. The zero-order valence-electron chi connectivity index (χ0n) is 29.0. The number of aliphatic hydroxyl groups is 2. The summed E-state index contributed by atoms with van der Waals surface area (Å²) in [4.78, 5) is 50.2. The number of amides is 3. The fourth-order valence-corrected chi connectivity index (χ4v) is 5.12. The van der Waals surface area contributed by atoms with Crippen molar-refractivity contribution in [3.63, 3.8) is 0 Å². The summed E-state index contributed by atoms with van der Waals surface area (Å²) in [6.07, 6.45) is 1.05. The molecule has 3 rings (SSSR count). The van der Waals surface area contributed by atoms with Gasteiger partial charge in [-0.1, -0.05) is 29.8 Å². The first-order chi connectivity index (χ1) is 25.0. The number of rotatable bonds is 23. The first-order valence-corrected chi connectivity index (χ1v) is 16.8. The summed E-state index contributed by atoms with van der Waals surface area (Å²) >= 11 is 6.49. The lowest BCUT2D eigenvalue weighted by Crippen LogP contribution is -2.36. The van der Waals surface area contributed by atoms with Gasteiger partial charge in [0.2, 0.25) is 5.91 Å². The molecular formula is C35H45ClN4O12. The molecule has 1 aromatic heterocycles. The average Bonchev–Trinajstić information content (AvgIpc) is 3.10. The molecule has 0 saturated carbocycles. The maximum Gasteiger partial charge on any atom is 0.319 e. The summed E-state index contributed by atoms with van der Waals surface area (Å²) in [5.41, 5.74) is 0.457. The van der Waals surface area contributed by atoms with Gasteiger partial charge in [-0.05, 0) is 36.8 Å². The minimum atomic E-state index is -1.19. The Kier molecular flexibility index (Phi) is 17.7. The number of hydrogen-bond acceptors (Lipinski definition) is 11. The fraction of sp³-hybridized carbons (Fsp3) is 0.429. The topological polar surface area (TPSA) is 216 Å². The molecule has 6 N–H and O–H groups in total. The molecule has 0 fully saturated rings. The molecule has 1 heterocycles. The van der Waals surface area contributed by atoms with E-state index in [0.29, 0.717) is 46.4 Å². The van der Waals surface area contributed by atoms with Crippen LogP contribution in [0.2, 0.25) is 5.02 Å². The first kappa shape index (κ1) is 41.5. The molecule has 1 atom stereocenters. The molecule has 0 spiro atoms. The summed E-state index contributed by atoms with van der Waals surface area (Å²) in [6, 6.07) is 9.44. The summed E-state index contributed by atoms with van der Waals surface area (Å²) in [6.45, 7) is 3.92. The number of carbonyl (C=O) groups is 3. The predicted octanol–water partition coefficient (Wildman–Crippen LogP) is 2.49. The number of hydrogen-bond donors (Lipinski definition) is 6. The minimum absolute atomic E-state index is 0.000268. The molecule has 0 aliphatic rings. The number of nitrogens with one attached hydrogen (secondary N) is 3. The normalized spacial score (nSPS) is 11.4. The number of nitrogens with zero attached hydrogens (tertiary/aromatic N) is 1. The van der Waals surface area contributed by atoms with E-state index in [1.807, 2.05) is 0 Å². The van der Waals surface area contributed by atoms with Gasteiger partial charge in [-0.25, -0.2) is 4.79 Å². The van der Waals surface area contributed by atoms with Crippen LogP contribution in [0, 0.1) is 6.92 Å². The number of anilines is 1. The monoisotopic (exact) mass is 748 g/mol. The third kappa shape index (κ3) is 13.7. The molecule has 0 unspecified atom stereocenters. The van der Waals surface area contributed by atoms with Crippen LogP contribution < -0.4 is 35.7 Å². The third-order valence-corrected chi connectivity index (χ3v) is 7.53. The predicted molar refractivity (Wildman–Crippen MR) is 191 cm³/mol. The highest BCUT2D eigenvalue weighted by Crippen LogP contribution is 2.30. The number of aliphatic hydroxyl groups excluding tert-OH is 2. The van der Waals surface area contributed by atoms with Crippen LogP contribution in [0.15, 0.2) is 53.5 Å². The van der Waals surface area contributed by atoms with Crippen LogP contribution in [-0.2, 0) is 25.6 Å². The third-order valence-electron chi connectivity index (χ3n) is 7.17. The Morgan fingerprint density at radius 2 is 1.60 bits per heavy atom. The van der Waals surface area contributed by atoms with Crippen LogP contribution in [0.25, 0.3) is 0 Å². The smallest absolute Gasteiger partial charge is 0.319 e. The Balaban J connectivity index is 1.85. The number of carbonyl (C=O) groups excluding carboxylic acids is 2.